The van der Waals surface area contributed by atoms with E-state index in [-0.39, 0.29) is 6.10 Å². The molecule has 0 saturated heterocycles. The first-order valence-electron chi connectivity index (χ1n) is 3.84. The summed E-state index contributed by atoms with van der Waals surface area (Å²) >= 11 is 4.83. The lowest BCUT2D eigenvalue weighted by atomic mass is 10.3. The van der Waals surface area contributed by atoms with Crippen LogP contribution in [0.2, 0.25) is 0 Å². The van der Waals surface area contributed by atoms with Gasteiger partial charge in [0, 0.05) is 5.75 Å². The molecule has 0 aliphatic heterocycles. The first kappa shape index (κ1) is 12.7. The van der Waals surface area contributed by atoms with Crippen molar-refractivity contribution in [2.24, 2.45) is 0 Å². The van der Waals surface area contributed by atoms with Crippen LogP contribution in [0.15, 0.2) is 0 Å². The third-order valence-electron chi connectivity index (χ3n) is 1.39. The van der Waals surface area contributed by atoms with Crippen molar-refractivity contribution in [1.29, 1.82) is 0 Å². The fraction of sp³-hybridized carbons (Fsp3) is 1.00. The molecule has 0 aromatic heterocycles. The van der Waals surface area contributed by atoms with E-state index < -0.39 is 15.9 Å². The molecule has 3 atom stereocenters. The zero-order chi connectivity index (χ0) is 9.78. The van der Waals surface area contributed by atoms with Crippen molar-refractivity contribution >= 4 is 27.1 Å². The number of hydrogen-bond acceptors (Lipinski definition) is 3. The second-order valence-electron chi connectivity index (χ2n) is 2.40. The lowest BCUT2D eigenvalue weighted by Crippen LogP contribution is -2.07. The molecule has 0 saturated carbocycles. The lowest BCUT2D eigenvalue weighted by Gasteiger charge is -2.16. The summed E-state index contributed by atoms with van der Waals surface area (Å²) in [5.74, 6) is 0.513. The van der Waals surface area contributed by atoms with Gasteiger partial charge in [0.05, 0.1) is 6.10 Å². The molecule has 0 aromatic carbocycles. The quantitative estimate of drug-likeness (QED) is 0.734. The van der Waals surface area contributed by atoms with E-state index >= 15 is 0 Å². The van der Waals surface area contributed by atoms with Crippen molar-refractivity contribution in [2.75, 3.05) is 5.75 Å². The van der Waals surface area contributed by atoms with Crippen molar-refractivity contribution in [2.45, 2.75) is 33.3 Å². The standard InChI is InChI=1S/C6H15O3PS2/c1-4-6(3)9-10(7,8)12(11)5-2/h6H,4-5H2,1-3H3,(H,7,8). The first-order valence-corrected chi connectivity index (χ1v) is 8.34. The van der Waals surface area contributed by atoms with Gasteiger partial charge in [0.1, 0.15) is 0 Å². The van der Waals surface area contributed by atoms with Gasteiger partial charge in [-0.1, -0.05) is 13.8 Å². The highest BCUT2D eigenvalue weighted by molar-refractivity contribution is 8.65. The SMILES string of the molecule is CCC(C)OP(=O)(O)S(=S)CC. The molecule has 0 heterocycles. The average molecular weight is 230 g/mol. The summed E-state index contributed by atoms with van der Waals surface area (Å²) in [7, 11) is -0.937. The fourth-order valence-electron chi connectivity index (χ4n) is 0.513. The van der Waals surface area contributed by atoms with E-state index in [0.717, 1.165) is 6.42 Å². The Kier molecular flexibility index (Phi) is 5.78. The van der Waals surface area contributed by atoms with E-state index in [1.807, 2.05) is 6.92 Å². The van der Waals surface area contributed by atoms with Crippen LogP contribution < -0.4 is 0 Å². The normalized spacial score (nSPS) is 21.3. The van der Waals surface area contributed by atoms with Crippen molar-refractivity contribution in [1.82, 2.24) is 0 Å². The second kappa shape index (κ2) is 5.45. The van der Waals surface area contributed by atoms with E-state index in [1.54, 1.807) is 13.8 Å². The van der Waals surface area contributed by atoms with E-state index in [4.69, 9.17) is 15.7 Å². The zero-order valence-corrected chi connectivity index (χ0v) is 10.0. The van der Waals surface area contributed by atoms with Crippen LogP contribution in [0.4, 0.5) is 0 Å². The van der Waals surface area contributed by atoms with Gasteiger partial charge < -0.3 is 4.89 Å². The van der Waals surface area contributed by atoms with Gasteiger partial charge in [-0.2, -0.15) is 0 Å². The van der Waals surface area contributed by atoms with Gasteiger partial charge in [0.2, 0.25) is 0 Å². The van der Waals surface area contributed by atoms with Gasteiger partial charge in [0.25, 0.3) is 0 Å². The highest BCUT2D eigenvalue weighted by Crippen LogP contribution is 2.48. The van der Waals surface area contributed by atoms with E-state index in [9.17, 15) is 9.46 Å². The molecule has 0 amide bonds. The Morgan fingerprint density at radius 1 is 1.67 bits per heavy atom. The Hall–Kier alpha value is 0.720. The van der Waals surface area contributed by atoms with Crippen LogP contribution in [0.5, 0.6) is 0 Å². The monoisotopic (exact) mass is 230 g/mol. The molecule has 0 rings (SSSR count). The fourth-order valence-corrected chi connectivity index (χ4v) is 3.56. The summed E-state index contributed by atoms with van der Waals surface area (Å²) < 4.78 is 16.3. The van der Waals surface area contributed by atoms with Crippen molar-refractivity contribution in [3.63, 3.8) is 0 Å². The van der Waals surface area contributed by atoms with Gasteiger partial charge in [0.15, 0.2) is 0 Å². The smallest absolute Gasteiger partial charge is 0.316 e. The molecular formula is C6H15O3PS2. The van der Waals surface area contributed by atoms with Gasteiger partial charge in [-0.05, 0) is 33.6 Å². The molecule has 3 unspecified atom stereocenters. The highest BCUT2D eigenvalue weighted by Gasteiger charge is 2.25. The Balaban J connectivity index is 4.22. The largest absolute Gasteiger partial charge is 0.390 e. The maximum absolute atomic E-state index is 11.4. The van der Waals surface area contributed by atoms with Crippen LogP contribution in [-0.2, 0) is 29.4 Å². The van der Waals surface area contributed by atoms with Crippen LogP contribution in [-0.4, -0.2) is 16.8 Å². The summed E-state index contributed by atoms with van der Waals surface area (Å²) in [6.07, 6.45) is 0.534. The minimum absolute atomic E-state index is 0.190. The molecule has 74 valence electrons. The van der Waals surface area contributed by atoms with Crippen LogP contribution >= 0.6 is 6.80 Å². The van der Waals surface area contributed by atoms with Crippen LogP contribution in [0.3, 0.4) is 0 Å². The maximum atomic E-state index is 11.4. The predicted octanol–water partition coefficient (Wildman–Crippen LogP) is 2.00. The molecular weight excluding hydrogens is 215 g/mol. The highest BCUT2D eigenvalue weighted by atomic mass is 33.1. The second-order valence-corrected chi connectivity index (χ2v) is 9.43. The summed E-state index contributed by atoms with van der Waals surface area (Å²) in [5, 5.41) is 0. The summed E-state index contributed by atoms with van der Waals surface area (Å²) in [5.41, 5.74) is 0. The molecule has 0 aromatic rings. The molecule has 0 spiro atoms. The minimum Gasteiger partial charge on any atom is -0.316 e. The third kappa shape index (κ3) is 4.10. The van der Waals surface area contributed by atoms with Crippen LogP contribution in [0.1, 0.15) is 27.2 Å². The van der Waals surface area contributed by atoms with Gasteiger partial charge in [-0.15, -0.1) is 0 Å². The maximum Gasteiger partial charge on any atom is 0.390 e. The molecule has 12 heavy (non-hydrogen) atoms. The summed E-state index contributed by atoms with van der Waals surface area (Å²) in [6, 6.07) is 0. The molecule has 0 aliphatic rings. The topological polar surface area (TPSA) is 46.5 Å². The van der Waals surface area contributed by atoms with Crippen LogP contribution in [0.25, 0.3) is 0 Å². The molecule has 0 fully saturated rings. The van der Waals surface area contributed by atoms with E-state index in [1.165, 1.54) is 0 Å². The van der Waals surface area contributed by atoms with Crippen LogP contribution in [0, 0.1) is 0 Å². The Morgan fingerprint density at radius 2 is 2.17 bits per heavy atom. The molecule has 0 aliphatic carbocycles. The molecule has 1 N–H and O–H groups in total. The van der Waals surface area contributed by atoms with E-state index in [0.29, 0.717) is 5.75 Å². The summed E-state index contributed by atoms with van der Waals surface area (Å²) in [6.45, 7) is 1.95. The van der Waals surface area contributed by atoms with Crippen molar-refractivity contribution in [3.05, 3.63) is 0 Å². The van der Waals surface area contributed by atoms with Gasteiger partial charge in [-0.3, -0.25) is 4.52 Å². The summed E-state index contributed by atoms with van der Waals surface area (Å²) in [4.78, 5) is 9.33. The zero-order valence-electron chi connectivity index (χ0n) is 7.52. The van der Waals surface area contributed by atoms with E-state index in [2.05, 4.69) is 0 Å². The predicted molar refractivity (Wildman–Crippen MR) is 55.9 cm³/mol. The van der Waals surface area contributed by atoms with Crippen molar-refractivity contribution in [3.8, 4) is 0 Å². The van der Waals surface area contributed by atoms with Gasteiger partial charge >= 0.3 is 6.80 Å². The third-order valence-corrected chi connectivity index (χ3v) is 8.01. The molecule has 0 radical (unpaired) electrons. The number of rotatable bonds is 5. The Morgan fingerprint density at radius 3 is 2.50 bits per heavy atom. The Bertz CT molecular complexity index is 207. The molecule has 3 nitrogen and oxygen atoms in total. The molecule has 0 bridgehead atoms. The minimum atomic E-state index is -3.51. The number of hydrogen-bond donors (Lipinski definition) is 1. The first-order chi connectivity index (χ1) is 5.44. The average Bonchev–Trinajstić information content (AvgIpc) is 2.02. The lowest BCUT2D eigenvalue weighted by molar-refractivity contribution is 0.197. The van der Waals surface area contributed by atoms with Crippen molar-refractivity contribution < 1.29 is 14.0 Å². The Labute approximate surface area is 80.4 Å². The van der Waals surface area contributed by atoms with Gasteiger partial charge in [-0.25, -0.2) is 4.57 Å². The molecule has 6 heteroatoms.